The number of hydrogen-bond donors (Lipinski definition) is 2. The van der Waals surface area contributed by atoms with Gasteiger partial charge >= 0.3 is 6.09 Å². The van der Waals surface area contributed by atoms with Crippen molar-refractivity contribution in [3.05, 3.63) is 0 Å². The lowest BCUT2D eigenvalue weighted by Crippen LogP contribution is -2.53. The van der Waals surface area contributed by atoms with Crippen LogP contribution in [0.4, 0.5) is 4.79 Å². The number of nitrogens with two attached hydrogens (primary N) is 1. The minimum Gasteiger partial charge on any atom is -0.465 e. The highest BCUT2D eigenvalue weighted by Gasteiger charge is 2.29. The Morgan fingerprint density at radius 1 is 1.71 bits per heavy atom. The van der Waals surface area contributed by atoms with Gasteiger partial charge in [-0.05, 0) is 12.8 Å². The van der Waals surface area contributed by atoms with Gasteiger partial charge in [0, 0.05) is 19.2 Å². The largest absolute Gasteiger partial charge is 0.465 e. The number of carbonyl (C=O) groups is 1. The summed E-state index contributed by atoms with van der Waals surface area (Å²) in [6.07, 6.45) is 0.582. The predicted octanol–water partition coefficient (Wildman–Crippen LogP) is 0.493. The first kappa shape index (κ1) is 11.3. The molecule has 5 nitrogen and oxygen atoms in total. The molecule has 1 aliphatic heterocycles. The molecule has 0 aromatic heterocycles. The molecule has 2 atom stereocenters. The molecule has 2 unspecified atom stereocenters. The lowest BCUT2D eigenvalue weighted by atomic mass is 10.0. The first-order valence-electron chi connectivity index (χ1n) is 5.00. The number of nitrogens with zero attached hydrogens (tertiary/aromatic N) is 1. The van der Waals surface area contributed by atoms with Crippen molar-refractivity contribution in [2.24, 2.45) is 5.73 Å². The highest BCUT2D eigenvalue weighted by molar-refractivity contribution is 5.65. The fraction of sp³-hybridized carbons (Fsp3) is 0.889. The molecule has 0 saturated carbocycles. The van der Waals surface area contributed by atoms with Crippen LogP contribution in [0.1, 0.15) is 19.8 Å². The van der Waals surface area contributed by atoms with E-state index < -0.39 is 6.09 Å². The standard InChI is InChI=1S/C9H18N2O3/c1-2-5-14-8-6-11(9(12)13)4-3-7(8)10/h7-8H,2-6,10H2,1H3,(H,12,13). The van der Waals surface area contributed by atoms with E-state index in [4.69, 9.17) is 15.6 Å². The van der Waals surface area contributed by atoms with Gasteiger partial charge in [0.15, 0.2) is 0 Å². The summed E-state index contributed by atoms with van der Waals surface area (Å²) in [5.41, 5.74) is 5.84. The fourth-order valence-electron chi connectivity index (χ4n) is 1.55. The highest BCUT2D eigenvalue weighted by Crippen LogP contribution is 2.12. The first-order chi connectivity index (χ1) is 6.65. The highest BCUT2D eigenvalue weighted by atomic mass is 16.5. The Kier molecular flexibility index (Phi) is 4.16. The average Bonchev–Trinajstić information content (AvgIpc) is 2.16. The zero-order valence-corrected chi connectivity index (χ0v) is 8.48. The van der Waals surface area contributed by atoms with Gasteiger partial charge in [0.2, 0.25) is 0 Å². The second kappa shape index (κ2) is 5.17. The molecule has 1 rings (SSSR count). The number of ether oxygens (including phenoxy) is 1. The Balaban J connectivity index is 2.42. The molecule has 0 bridgehead atoms. The molecular weight excluding hydrogens is 184 g/mol. The maximum Gasteiger partial charge on any atom is 0.407 e. The van der Waals surface area contributed by atoms with Crippen molar-refractivity contribution in [1.82, 2.24) is 4.90 Å². The zero-order chi connectivity index (χ0) is 10.6. The smallest absolute Gasteiger partial charge is 0.407 e. The minimum atomic E-state index is -0.887. The number of piperidine rings is 1. The van der Waals surface area contributed by atoms with Gasteiger partial charge in [-0.15, -0.1) is 0 Å². The molecule has 1 heterocycles. The molecule has 0 radical (unpaired) electrons. The monoisotopic (exact) mass is 202 g/mol. The summed E-state index contributed by atoms with van der Waals surface area (Å²) in [4.78, 5) is 12.1. The van der Waals surface area contributed by atoms with Crippen LogP contribution in [-0.4, -0.2) is 47.9 Å². The number of rotatable bonds is 3. The first-order valence-corrected chi connectivity index (χ1v) is 5.00. The maximum absolute atomic E-state index is 10.7. The molecule has 0 aromatic carbocycles. The van der Waals surface area contributed by atoms with Crippen LogP contribution in [0.25, 0.3) is 0 Å². The summed E-state index contributed by atoms with van der Waals surface area (Å²) in [7, 11) is 0. The predicted molar refractivity (Wildman–Crippen MR) is 52.2 cm³/mol. The average molecular weight is 202 g/mol. The molecule has 1 amide bonds. The van der Waals surface area contributed by atoms with E-state index in [1.165, 1.54) is 4.90 Å². The van der Waals surface area contributed by atoms with Gasteiger partial charge in [-0.1, -0.05) is 6.92 Å². The molecule has 0 aromatic rings. The van der Waals surface area contributed by atoms with Gasteiger partial charge in [0.05, 0.1) is 12.6 Å². The van der Waals surface area contributed by atoms with Crippen molar-refractivity contribution in [2.75, 3.05) is 19.7 Å². The molecule has 1 fully saturated rings. The summed E-state index contributed by atoms with van der Waals surface area (Å²) < 4.78 is 5.49. The molecule has 0 spiro atoms. The second-order valence-corrected chi connectivity index (χ2v) is 3.59. The van der Waals surface area contributed by atoms with Crippen LogP contribution in [0.15, 0.2) is 0 Å². The summed E-state index contributed by atoms with van der Waals surface area (Å²) in [5, 5.41) is 8.80. The normalized spacial score (nSPS) is 27.7. The van der Waals surface area contributed by atoms with E-state index in [2.05, 4.69) is 0 Å². The summed E-state index contributed by atoms with van der Waals surface area (Å²) >= 11 is 0. The van der Waals surface area contributed by atoms with Crippen molar-refractivity contribution in [3.8, 4) is 0 Å². The van der Waals surface area contributed by atoms with Crippen molar-refractivity contribution >= 4 is 6.09 Å². The third-order valence-corrected chi connectivity index (χ3v) is 2.42. The van der Waals surface area contributed by atoms with Crippen LogP contribution < -0.4 is 5.73 Å². The van der Waals surface area contributed by atoms with Gasteiger partial charge in [-0.2, -0.15) is 0 Å². The number of hydrogen-bond acceptors (Lipinski definition) is 3. The quantitative estimate of drug-likeness (QED) is 0.698. The van der Waals surface area contributed by atoms with E-state index in [0.717, 1.165) is 6.42 Å². The van der Waals surface area contributed by atoms with Gasteiger partial charge in [-0.25, -0.2) is 4.79 Å². The van der Waals surface area contributed by atoms with Crippen molar-refractivity contribution in [3.63, 3.8) is 0 Å². The Morgan fingerprint density at radius 3 is 3.00 bits per heavy atom. The van der Waals surface area contributed by atoms with Crippen LogP contribution in [0.2, 0.25) is 0 Å². The molecule has 14 heavy (non-hydrogen) atoms. The molecule has 5 heteroatoms. The van der Waals surface area contributed by atoms with E-state index in [-0.39, 0.29) is 12.1 Å². The van der Waals surface area contributed by atoms with Gasteiger partial charge < -0.3 is 20.5 Å². The molecule has 1 aliphatic rings. The molecule has 82 valence electrons. The van der Waals surface area contributed by atoms with Crippen molar-refractivity contribution in [1.29, 1.82) is 0 Å². The van der Waals surface area contributed by atoms with Crippen LogP contribution in [0, 0.1) is 0 Å². The lowest BCUT2D eigenvalue weighted by Gasteiger charge is -2.35. The number of carboxylic acid groups (broad SMARTS) is 1. The van der Waals surface area contributed by atoms with Crippen molar-refractivity contribution in [2.45, 2.75) is 31.9 Å². The molecule has 3 N–H and O–H groups in total. The van der Waals surface area contributed by atoms with Crippen LogP contribution >= 0.6 is 0 Å². The molecule has 1 saturated heterocycles. The third-order valence-electron chi connectivity index (χ3n) is 2.42. The third kappa shape index (κ3) is 2.85. The topological polar surface area (TPSA) is 75.8 Å². The molecule has 0 aliphatic carbocycles. The summed E-state index contributed by atoms with van der Waals surface area (Å²) in [6.45, 7) is 3.58. The van der Waals surface area contributed by atoms with Crippen LogP contribution in [-0.2, 0) is 4.74 Å². The number of likely N-dealkylation sites (tertiary alicyclic amines) is 1. The summed E-state index contributed by atoms with van der Waals surface area (Å²) in [5.74, 6) is 0. The Morgan fingerprint density at radius 2 is 2.43 bits per heavy atom. The van der Waals surface area contributed by atoms with Crippen molar-refractivity contribution < 1.29 is 14.6 Å². The van der Waals surface area contributed by atoms with Gasteiger partial charge in [-0.3, -0.25) is 0 Å². The fourth-order valence-corrected chi connectivity index (χ4v) is 1.55. The van der Waals surface area contributed by atoms with Gasteiger partial charge in [0.25, 0.3) is 0 Å². The molecular formula is C9H18N2O3. The Bertz CT molecular complexity index is 198. The van der Waals surface area contributed by atoms with E-state index in [1.54, 1.807) is 0 Å². The maximum atomic E-state index is 10.7. The van der Waals surface area contributed by atoms with E-state index in [0.29, 0.717) is 26.1 Å². The number of amides is 1. The van der Waals surface area contributed by atoms with Crippen LogP contribution in [0.5, 0.6) is 0 Å². The second-order valence-electron chi connectivity index (χ2n) is 3.59. The lowest BCUT2D eigenvalue weighted by molar-refractivity contribution is -0.00851. The van der Waals surface area contributed by atoms with Crippen LogP contribution in [0.3, 0.4) is 0 Å². The minimum absolute atomic E-state index is 0.0304. The van der Waals surface area contributed by atoms with E-state index in [9.17, 15) is 4.79 Å². The van der Waals surface area contributed by atoms with E-state index in [1.807, 2.05) is 6.92 Å². The Labute approximate surface area is 83.8 Å². The Hall–Kier alpha value is -0.810. The summed E-state index contributed by atoms with van der Waals surface area (Å²) in [6, 6.07) is -0.0304. The van der Waals surface area contributed by atoms with E-state index >= 15 is 0 Å². The SMILES string of the molecule is CCCOC1CN(C(=O)O)CCC1N. The zero-order valence-electron chi connectivity index (χ0n) is 8.48. The van der Waals surface area contributed by atoms with Gasteiger partial charge in [0.1, 0.15) is 0 Å².